The lowest BCUT2D eigenvalue weighted by atomic mass is 9.89. The van der Waals surface area contributed by atoms with Crippen LogP contribution in [-0.4, -0.2) is 25.6 Å². The zero-order valence-electron chi connectivity index (χ0n) is 11.2. The van der Waals surface area contributed by atoms with Crippen molar-refractivity contribution in [2.24, 2.45) is 4.99 Å². The van der Waals surface area contributed by atoms with Gasteiger partial charge in [0.15, 0.2) is 0 Å². The Labute approximate surface area is 120 Å². The third kappa shape index (κ3) is 2.66. The number of carbonyl (C=O) groups is 1. The van der Waals surface area contributed by atoms with Gasteiger partial charge in [0, 0.05) is 10.0 Å². The molecule has 1 aromatic carbocycles. The standard InChI is InChI=1S/C14H16BrNO3/c1-4-19-13-10-6-5-9(15)7-11(10)14(2,16-13)8-12(17)18-3/h5-7H,4,8H2,1-3H3. The Bertz CT molecular complexity index is 541. The maximum absolute atomic E-state index is 11.6. The highest BCUT2D eigenvalue weighted by molar-refractivity contribution is 9.10. The molecule has 2 rings (SSSR count). The van der Waals surface area contributed by atoms with Gasteiger partial charge in [0.1, 0.15) is 0 Å². The van der Waals surface area contributed by atoms with Crippen LogP contribution in [0.5, 0.6) is 0 Å². The molecule has 1 atom stereocenters. The summed E-state index contributed by atoms with van der Waals surface area (Å²) in [5.41, 5.74) is 1.30. The van der Waals surface area contributed by atoms with Crippen LogP contribution in [-0.2, 0) is 19.8 Å². The lowest BCUT2D eigenvalue weighted by Gasteiger charge is -2.20. The minimum atomic E-state index is -0.628. The summed E-state index contributed by atoms with van der Waals surface area (Å²) in [4.78, 5) is 16.2. The maximum Gasteiger partial charge on any atom is 0.308 e. The first-order valence-corrected chi connectivity index (χ1v) is 6.89. The zero-order valence-corrected chi connectivity index (χ0v) is 12.8. The van der Waals surface area contributed by atoms with Gasteiger partial charge in [0.05, 0.1) is 25.7 Å². The average molecular weight is 326 g/mol. The van der Waals surface area contributed by atoms with Gasteiger partial charge in [-0.2, -0.15) is 0 Å². The molecule has 0 bridgehead atoms. The molecule has 0 aliphatic carbocycles. The topological polar surface area (TPSA) is 47.9 Å². The van der Waals surface area contributed by atoms with Crippen molar-refractivity contribution in [3.63, 3.8) is 0 Å². The highest BCUT2D eigenvalue weighted by Crippen LogP contribution is 2.39. The fourth-order valence-corrected chi connectivity index (χ4v) is 2.59. The second kappa shape index (κ2) is 5.33. The number of hydrogen-bond acceptors (Lipinski definition) is 4. The smallest absolute Gasteiger partial charge is 0.308 e. The molecule has 1 heterocycles. The van der Waals surface area contributed by atoms with Crippen molar-refractivity contribution in [1.29, 1.82) is 0 Å². The van der Waals surface area contributed by atoms with Crippen molar-refractivity contribution in [2.75, 3.05) is 13.7 Å². The molecule has 1 aliphatic heterocycles. The van der Waals surface area contributed by atoms with Crippen molar-refractivity contribution < 1.29 is 14.3 Å². The molecule has 0 saturated carbocycles. The SMILES string of the molecule is CCOC1=NC(C)(CC(=O)OC)c2cc(Br)ccc21. The molecule has 1 aliphatic rings. The van der Waals surface area contributed by atoms with Gasteiger partial charge in [0.25, 0.3) is 0 Å². The van der Waals surface area contributed by atoms with Gasteiger partial charge in [-0.15, -0.1) is 0 Å². The van der Waals surface area contributed by atoms with Crippen molar-refractivity contribution in [2.45, 2.75) is 25.8 Å². The lowest BCUT2D eigenvalue weighted by Crippen LogP contribution is -2.22. The van der Waals surface area contributed by atoms with E-state index in [2.05, 4.69) is 20.9 Å². The van der Waals surface area contributed by atoms with Crippen LogP contribution in [0.4, 0.5) is 0 Å². The maximum atomic E-state index is 11.6. The minimum absolute atomic E-state index is 0.198. The van der Waals surface area contributed by atoms with E-state index in [1.807, 2.05) is 32.0 Å². The molecular weight excluding hydrogens is 310 g/mol. The molecule has 0 radical (unpaired) electrons. The largest absolute Gasteiger partial charge is 0.478 e. The Morgan fingerprint density at radius 2 is 2.21 bits per heavy atom. The Kier molecular flexibility index (Phi) is 3.94. The van der Waals surface area contributed by atoms with E-state index in [-0.39, 0.29) is 12.4 Å². The number of ether oxygens (including phenoxy) is 2. The van der Waals surface area contributed by atoms with Crippen LogP contribution in [0.2, 0.25) is 0 Å². The molecule has 1 unspecified atom stereocenters. The van der Waals surface area contributed by atoms with Crippen LogP contribution in [0, 0.1) is 0 Å². The van der Waals surface area contributed by atoms with Crippen LogP contribution in [0.3, 0.4) is 0 Å². The van der Waals surface area contributed by atoms with Crippen LogP contribution in [0.15, 0.2) is 27.7 Å². The molecule has 0 fully saturated rings. The van der Waals surface area contributed by atoms with Crippen LogP contribution in [0.25, 0.3) is 0 Å². The van der Waals surface area contributed by atoms with E-state index >= 15 is 0 Å². The zero-order chi connectivity index (χ0) is 14.0. The van der Waals surface area contributed by atoms with Gasteiger partial charge >= 0.3 is 5.97 Å². The fraction of sp³-hybridized carbons (Fsp3) is 0.429. The number of halogens is 1. The summed E-state index contributed by atoms with van der Waals surface area (Å²) < 4.78 is 11.3. The summed E-state index contributed by atoms with van der Waals surface area (Å²) >= 11 is 3.45. The Hall–Kier alpha value is -1.36. The summed E-state index contributed by atoms with van der Waals surface area (Å²) in [5.74, 6) is 0.311. The van der Waals surface area contributed by atoms with Gasteiger partial charge in [-0.25, -0.2) is 4.99 Å². The van der Waals surface area contributed by atoms with Gasteiger partial charge in [-0.05, 0) is 37.6 Å². The van der Waals surface area contributed by atoms with E-state index in [1.165, 1.54) is 7.11 Å². The first kappa shape index (κ1) is 14.1. The van der Waals surface area contributed by atoms with E-state index in [4.69, 9.17) is 9.47 Å². The van der Waals surface area contributed by atoms with Gasteiger partial charge in [-0.1, -0.05) is 15.9 Å². The first-order valence-electron chi connectivity index (χ1n) is 6.10. The van der Waals surface area contributed by atoms with Gasteiger partial charge in [0.2, 0.25) is 5.90 Å². The Morgan fingerprint density at radius 1 is 1.47 bits per heavy atom. The van der Waals surface area contributed by atoms with Gasteiger partial charge in [-0.3, -0.25) is 4.79 Å². The summed E-state index contributed by atoms with van der Waals surface area (Å²) in [6, 6.07) is 5.88. The van der Waals surface area contributed by atoms with Crippen molar-refractivity contribution in [3.8, 4) is 0 Å². The second-order valence-corrected chi connectivity index (χ2v) is 5.48. The number of fused-ring (bicyclic) bond motifs is 1. The molecule has 0 aromatic heterocycles. The van der Waals surface area contributed by atoms with Crippen molar-refractivity contribution in [3.05, 3.63) is 33.8 Å². The summed E-state index contributed by atoms with van der Waals surface area (Å²) in [6.07, 6.45) is 0.198. The molecular formula is C14H16BrNO3. The number of nitrogens with zero attached hydrogens (tertiary/aromatic N) is 1. The summed E-state index contributed by atoms with van der Waals surface area (Å²) in [7, 11) is 1.38. The summed E-state index contributed by atoms with van der Waals surface area (Å²) in [6.45, 7) is 4.38. The third-order valence-electron chi connectivity index (χ3n) is 3.14. The normalized spacial score (nSPS) is 20.7. The number of benzene rings is 1. The van der Waals surface area contributed by atoms with E-state index in [9.17, 15) is 4.79 Å². The van der Waals surface area contributed by atoms with Gasteiger partial charge < -0.3 is 9.47 Å². The second-order valence-electron chi connectivity index (χ2n) is 4.57. The molecule has 102 valence electrons. The van der Waals surface area contributed by atoms with Crippen LogP contribution >= 0.6 is 15.9 Å². The fourth-order valence-electron chi connectivity index (χ4n) is 2.23. The molecule has 4 nitrogen and oxygen atoms in total. The van der Waals surface area contributed by atoms with E-state index in [0.717, 1.165) is 15.6 Å². The molecule has 0 amide bonds. The highest BCUT2D eigenvalue weighted by atomic mass is 79.9. The van der Waals surface area contributed by atoms with Crippen molar-refractivity contribution >= 4 is 27.8 Å². The predicted molar refractivity (Wildman–Crippen MR) is 76.3 cm³/mol. The van der Waals surface area contributed by atoms with Crippen LogP contribution in [0.1, 0.15) is 31.4 Å². The monoisotopic (exact) mass is 325 g/mol. The highest BCUT2D eigenvalue weighted by Gasteiger charge is 2.39. The minimum Gasteiger partial charge on any atom is -0.478 e. The van der Waals surface area contributed by atoms with E-state index in [1.54, 1.807) is 0 Å². The lowest BCUT2D eigenvalue weighted by molar-refractivity contribution is -0.141. The summed E-state index contributed by atoms with van der Waals surface area (Å²) in [5, 5.41) is 0. The quantitative estimate of drug-likeness (QED) is 0.802. The number of carbonyl (C=O) groups excluding carboxylic acids is 1. The molecule has 19 heavy (non-hydrogen) atoms. The number of aliphatic imine (C=N–C) groups is 1. The van der Waals surface area contributed by atoms with E-state index < -0.39 is 5.54 Å². The molecule has 1 aromatic rings. The number of hydrogen-bond donors (Lipinski definition) is 0. The first-order chi connectivity index (χ1) is 9.00. The number of methoxy groups -OCH3 is 1. The Morgan fingerprint density at radius 3 is 2.84 bits per heavy atom. The molecule has 0 saturated heterocycles. The average Bonchev–Trinajstić information content (AvgIpc) is 2.63. The number of esters is 1. The van der Waals surface area contributed by atoms with E-state index in [0.29, 0.717) is 12.5 Å². The Balaban J connectivity index is 2.46. The third-order valence-corrected chi connectivity index (χ3v) is 3.63. The van der Waals surface area contributed by atoms with Crippen molar-refractivity contribution in [1.82, 2.24) is 0 Å². The number of rotatable bonds is 3. The molecule has 5 heteroatoms. The van der Waals surface area contributed by atoms with Crippen LogP contribution < -0.4 is 0 Å². The molecule has 0 spiro atoms. The predicted octanol–water partition coefficient (Wildman–Crippen LogP) is 3.02. The molecule has 0 N–H and O–H groups in total.